The lowest BCUT2D eigenvalue weighted by atomic mass is 10.1. The number of nitrogens with one attached hydrogen (secondary N) is 1. The van der Waals surface area contributed by atoms with E-state index in [9.17, 15) is 14.4 Å². The van der Waals surface area contributed by atoms with Crippen molar-refractivity contribution in [2.45, 2.75) is 0 Å². The zero-order chi connectivity index (χ0) is 22.0. The molecule has 0 spiro atoms. The van der Waals surface area contributed by atoms with Gasteiger partial charge in [-0.05, 0) is 60.7 Å². The minimum absolute atomic E-state index is 0.105. The van der Waals surface area contributed by atoms with E-state index in [4.69, 9.17) is 16.3 Å². The lowest BCUT2D eigenvalue weighted by molar-refractivity contribution is -0.117. The Bertz CT molecular complexity index is 1210. The summed E-state index contributed by atoms with van der Waals surface area (Å²) in [6.07, 6.45) is 1.36. The molecule has 0 atom stereocenters. The van der Waals surface area contributed by atoms with Crippen LogP contribution in [0.3, 0.4) is 0 Å². The molecule has 3 aromatic rings. The monoisotopic (exact) mass is 496 g/mol. The third-order valence-electron chi connectivity index (χ3n) is 4.46. The van der Waals surface area contributed by atoms with E-state index in [2.05, 4.69) is 21.4 Å². The molecule has 1 aliphatic heterocycles. The first-order valence-corrected chi connectivity index (χ1v) is 10.3. The van der Waals surface area contributed by atoms with E-state index in [-0.39, 0.29) is 11.3 Å². The number of rotatable bonds is 4. The van der Waals surface area contributed by atoms with Crippen LogP contribution in [0.15, 0.2) is 82.8 Å². The van der Waals surface area contributed by atoms with Crippen LogP contribution in [0.1, 0.15) is 15.9 Å². The summed E-state index contributed by atoms with van der Waals surface area (Å²) >= 11 is 9.41. The third-order valence-corrected chi connectivity index (χ3v) is 5.22. The zero-order valence-electron chi connectivity index (χ0n) is 15.8. The van der Waals surface area contributed by atoms with E-state index in [1.54, 1.807) is 60.7 Å². The number of carbonyl (C=O) groups is 3. The van der Waals surface area contributed by atoms with Crippen molar-refractivity contribution < 1.29 is 19.1 Å². The van der Waals surface area contributed by atoms with E-state index >= 15 is 0 Å². The van der Waals surface area contributed by atoms with Crippen LogP contribution in [0.2, 0.25) is 5.02 Å². The molecule has 1 fully saturated rings. The Labute approximate surface area is 191 Å². The van der Waals surface area contributed by atoms with Crippen molar-refractivity contribution in [3.05, 3.63) is 99.0 Å². The summed E-state index contributed by atoms with van der Waals surface area (Å²) in [6, 6.07) is 20.0. The third kappa shape index (κ3) is 4.52. The second kappa shape index (κ2) is 8.75. The van der Waals surface area contributed by atoms with Crippen molar-refractivity contribution in [2.75, 3.05) is 5.01 Å². The number of hydrogen-bond donors (Lipinski definition) is 1. The number of ether oxygens (including phenoxy) is 1. The van der Waals surface area contributed by atoms with Gasteiger partial charge in [0.25, 0.3) is 11.8 Å². The number of hydrogen-bond acceptors (Lipinski definition) is 4. The highest BCUT2D eigenvalue weighted by molar-refractivity contribution is 9.10. The van der Waals surface area contributed by atoms with Crippen LogP contribution >= 0.6 is 27.5 Å². The van der Waals surface area contributed by atoms with Gasteiger partial charge in [0.2, 0.25) is 0 Å². The fourth-order valence-corrected chi connectivity index (χ4v) is 3.39. The highest BCUT2D eigenvalue weighted by Gasteiger charge is 2.34. The zero-order valence-corrected chi connectivity index (χ0v) is 18.2. The predicted octanol–water partition coefficient (Wildman–Crippen LogP) is 4.78. The van der Waals surface area contributed by atoms with Crippen molar-refractivity contribution in [1.29, 1.82) is 0 Å². The number of halogens is 2. The van der Waals surface area contributed by atoms with E-state index in [1.807, 2.05) is 0 Å². The molecule has 3 aromatic carbocycles. The number of nitrogens with zero attached hydrogens (tertiary/aromatic N) is 1. The van der Waals surface area contributed by atoms with E-state index in [0.717, 1.165) is 9.48 Å². The first kappa shape index (κ1) is 20.8. The van der Waals surface area contributed by atoms with Crippen LogP contribution in [-0.2, 0) is 9.59 Å². The van der Waals surface area contributed by atoms with Crippen LogP contribution in [0.4, 0.5) is 5.69 Å². The van der Waals surface area contributed by atoms with Crippen LogP contribution < -0.4 is 15.2 Å². The van der Waals surface area contributed by atoms with Crippen molar-refractivity contribution in [3.63, 3.8) is 0 Å². The lowest BCUT2D eigenvalue weighted by Crippen LogP contribution is -2.35. The van der Waals surface area contributed by atoms with Gasteiger partial charge in [-0.2, -0.15) is 0 Å². The topological polar surface area (TPSA) is 75.7 Å². The van der Waals surface area contributed by atoms with Gasteiger partial charge >= 0.3 is 5.97 Å². The van der Waals surface area contributed by atoms with E-state index < -0.39 is 17.8 Å². The number of carbonyl (C=O) groups excluding carboxylic acids is 3. The number of anilines is 1. The lowest BCUT2D eigenvalue weighted by Gasteiger charge is -2.14. The number of amides is 2. The molecule has 0 radical (unpaired) electrons. The maximum Gasteiger partial charge on any atom is 0.343 e. The number of benzene rings is 3. The van der Waals surface area contributed by atoms with Gasteiger partial charge in [0, 0.05) is 15.1 Å². The Balaban J connectivity index is 1.65. The molecule has 31 heavy (non-hydrogen) atoms. The largest absolute Gasteiger partial charge is 0.422 e. The Hall–Kier alpha value is -3.42. The Morgan fingerprint density at radius 2 is 1.71 bits per heavy atom. The first-order valence-electron chi connectivity index (χ1n) is 9.12. The summed E-state index contributed by atoms with van der Waals surface area (Å²) < 4.78 is 6.33. The second-order valence-electron chi connectivity index (χ2n) is 6.55. The van der Waals surface area contributed by atoms with E-state index in [1.165, 1.54) is 18.2 Å². The summed E-state index contributed by atoms with van der Waals surface area (Å²) in [5.74, 6) is -1.51. The maximum atomic E-state index is 12.8. The molecule has 154 valence electrons. The van der Waals surface area contributed by atoms with Crippen molar-refractivity contribution >= 4 is 57.1 Å². The number of para-hydroxylation sites is 1. The highest BCUT2D eigenvalue weighted by atomic mass is 79.9. The first-order chi connectivity index (χ1) is 14.9. The summed E-state index contributed by atoms with van der Waals surface area (Å²) in [7, 11) is 0. The maximum absolute atomic E-state index is 12.8. The molecule has 1 heterocycles. The van der Waals surface area contributed by atoms with Crippen molar-refractivity contribution in [1.82, 2.24) is 5.43 Å². The van der Waals surface area contributed by atoms with Gasteiger partial charge in [-0.3, -0.25) is 15.0 Å². The molecule has 1 aliphatic rings. The number of hydrazine groups is 1. The molecule has 4 rings (SSSR count). The molecule has 1 N–H and O–H groups in total. The molecule has 0 aliphatic carbocycles. The van der Waals surface area contributed by atoms with Gasteiger partial charge in [-0.25, -0.2) is 9.80 Å². The minimum atomic E-state index is -0.581. The summed E-state index contributed by atoms with van der Waals surface area (Å²) in [5, 5.41) is 1.52. The van der Waals surface area contributed by atoms with Gasteiger partial charge < -0.3 is 4.74 Å². The Morgan fingerprint density at radius 1 is 1.00 bits per heavy atom. The Kier molecular flexibility index (Phi) is 5.88. The normalized spacial score (nSPS) is 14.6. The standard InChI is InChI=1S/C23H14BrClN2O4/c24-16-8-6-14(7-9-16)23(30)31-20-11-10-17(25)12-15(20)13-19-21(28)26-27(22(19)29)18-4-2-1-3-5-18/h1-13H,(H,26,28)/b19-13-. The average molecular weight is 498 g/mol. The SMILES string of the molecule is O=C1NN(c2ccccc2)C(=O)/C1=C\c1cc(Cl)ccc1OC(=O)c1ccc(Br)cc1. The molecule has 1 saturated heterocycles. The Morgan fingerprint density at radius 3 is 2.42 bits per heavy atom. The van der Waals surface area contributed by atoms with Gasteiger partial charge in [0.05, 0.1) is 11.3 Å². The molecule has 0 saturated carbocycles. The fraction of sp³-hybridized carbons (Fsp3) is 0. The minimum Gasteiger partial charge on any atom is -0.422 e. The van der Waals surface area contributed by atoms with Gasteiger partial charge in [-0.15, -0.1) is 0 Å². The molecule has 0 bridgehead atoms. The molecule has 6 nitrogen and oxygen atoms in total. The summed E-state index contributed by atoms with van der Waals surface area (Å²) in [4.78, 5) is 37.8. The molecule has 8 heteroatoms. The number of esters is 1. The predicted molar refractivity (Wildman–Crippen MR) is 121 cm³/mol. The quantitative estimate of drug-likeness (QED) is 0.244. The molecule has 2 amide bonds. The van der Waals surface area contributed by atoms with Crippen molar-refractivity contribution in [3.8, 4) is 5.75 Å². The molecular formula is C23H14BrClN2O4. The summed E-state index contributed by atoms with van der Waals surface area (Å²) in [5.41, 5.74) is 3.62. The molecule has 0 aromatic heterocycles. The van der Waals surface area contributed by atoms with Crippen LogP contribution in [0, 0.1) is 0 Å². The fourth-order valence-electron chi connectivity index (χ4n) is 2.94. The highest BCUT2D eigenvalue weighted by Crippen LogP contribution is 2.28. The molecular weight excluding hydrogens is 484 g/mol. The smallest absolute Gasteiger partial charge is 0.343 e. The van der Waals surface area contributed by atoms with Crippen LogP contribution in [0.5, 0.6) is 5.75 Å². The van der Waals surface area contributed by atoms with Gasteiger partial charge in [-0.1, -0.05) is 45.7 Å². The molecule has 0 unspecified atom stereocenters. The van der Waals surface area contributed by atoms with Gasteiger partial charge in [0.15, 0.2) is 0 Å². The van der Waals surface area contributed by atoms with E-state index in [0.29, 0.717) is 21.8 Å². The van der Waals surface area contributed by atoms with Gasteiger partial charge in [0.1, 0.15) is 11.3 Å². The second-order valence-corrected chi connectivity index (χ2v) is 7.91. The summed E-state index contributed by atoms with van der Waals surface area (Å²) in [6.45, 7) is 0. The van der Waals surface area contributed by atoms with Crippen LogP contribution in [0.25, 0.3) is 6.08 Å². The van der Waals surface area contributed by atoms with Crippen molar-refractivity contribution in [2.24, 2.45) is 0 Å². The average Bonchev–Trinajstić information content (AvgIpc) is 3.05. The van der Waals surface area contributed by atoms with Crippen LogP contribution in [-0.4, -0.2) is 17.8 Å².